The number of benzene rings is 1. The van der Waals surface area contributed by atoms with Gasteiger partial charge in [-0.15, -0.1) is 0 Å². The predicted molar refractivity (Wildman–Crippen MR) is 86.2 cm³/mol. The van der Waals surface area contributed by atoms with Crippen LogP contribution in [0.2, 0.25) is 0 Å². The molecule has 1 aliphatic carbocycles. The van der Waals surface area contributed by atoms with Crippen molar-refractivity contribution in [2.24, 2.45) is 11.3 Å². The van der Waals surface area contributed by atoms with E-state index in [1.165, 1.54) is 0 Å². The number of carbonyl (C=O) groups is 1. The molecule has 3 rings (SSSR count). The van der Waals surface area contributed by atoms with Crippen molar-refractivity contribution in [3.05, 3.63) is 42.1 Å². The van der Waals surface area contributed by atoms with Crippen LogP contribution in [0, 0.1) is 11.3 Å². The molecule has 2 nitrogen and oxygen atoms in total. The lowest BCUT2D eigenvalue weighted by atomic mass is 9.71. The van der Waals surface area contributed by atoms with Gasteiger partial charge in [0.1, 0.15) is 5.78 Å². The van der Waals surface area contributed by atoms with Crippen LogP contribution in [-0.2, 0) is 11.2 Å². The van der Waals surface area contributed by atoms with Crippen molar-refractivity contribution < 1.29 is 4.79 Å². The van der Waals surface area contributed by atoms with Crippen LogP contribution in [0.3, 0.4) is 0 Å². The Morgan fingerprint density at radius 2 is 1.86 bits per heavy atom. The van der Waals surface area contributed by atoms with E-state index in [1.54, 1.807) is 0 Å². The number of hydrogen-bond donors (Lipinski definition) is 0. The zero-order valence-electron chi connectivity index (χ0n) is 12.9. The maximum absolute atomic E-state index is 12.5. The van der Waals surface area contributed by atoms with Gasteiger partial charge in [-0.1, -0.05) is 38.1 Å². The third-order valence-corrected chi connectivity index (χ3v) is 4.81. The van der Waals surface area contributed by atoms with Crippen molar-refractivity contribution >= 4 is 16.7 Å². The van der Waals surface area contributed by atoms with Gasteiger partial charge in [0.05, 0.1) is 5.52 Å². The van der Waals surface area contributed by atoms with Gasteiger partial charge in [-0.2, -0.15) is 0 Å². The third-order valence-electron chi connectivity index (χ3n) is 4.81. The Balaban J connectivity index is 1.69. The topological polar surface area (TPSA) is 30.0 Å². The summed E-state index contributed by atoms with van der Waals surface area (Å²) in [4.78, 5) is 17.1. The molecular formula is C19H23NO. The number of Topliss-reactive ketones (excluding diaryl/α,β-unsaturated/α-hetero) is 1. The Hall–Kier alpha value is -1.70. The number of para-hydroxylation sites is 1. The molecule has 0 N–H and O–H groups in total. The number of ketones is 1. The summed E-state index contributed by atoms with van der Waals surface area (Å²) in [6.07, 6.45) is 4.89. The molecule has 0 bridgehead atoms. The molecule has 0 amide bonds. The summed E-state index contributed by atoms with van der Waals surface area (Å²) in [7, 11) is 0. The molecule has 0 spiro atoms. The van der Waals surface area contributed by atoms with Gasteiger partial charge < -0.3 is 0 Å². The van der Waals surface area contributed by atoms with Crippen LogP contribution >= 0.6 is 0 Å². The summed E-state index contributed by atoms with van der Waals surface area (Å²) < 4.78 is 0. The smallest absolute Gasteiger partial charge is 0.141 e. The number of rotatable bonds is 3. The highest BCUT2D eigenvalue weighted by atomic mass is 16.1. The van der Waals surface area contributed by atoms with Gasteiger partial charge in [-0.3, -0.25) is 9.78 Å². The van der Waals surface area contributed by atoms with E-state index in [0.29, 0.717) is 17.6 Å². The van der Waals surface area contributed by atoms with Gasteiger partial charge in [0.2, 0.25) is 0 Å². The predicted octanol–water partition coefficient (Wildman–Crippen LogP) is 4.56. The lowest BCUT2D eigenvalue weighted by Crippen LogP contribution is -2.27. The molecule has 1 saturated carbocycles. The van der Waals surface area contributed by atoms with Crippen LogP contribution in [0.15, 0.2) is 36.4 Å². The summed E-state index contributed by atoms with van der Waals surface area (Å²) in [5.41, 5.74) is 2.30. The Morgan fingerprint density at radius 1 is 1.14 bits per heavy atom. The van der Waals surface area contributed by atoms with Crippen LogP contribution in [0.5, 0.6) is 0 Å². The van der Waals surface area contributed by atoms with Crippen LogP contribution in [0.25, 0.3) is 10.9 Å². The molecule has 0 aliphatic heterocycles. The second kappa shape index (κ2) is 5.59. The summed E-state index contributed by atoms with van der Waals surface area (Å²) in [5, 5.41) is 1.13. The van der Waals surface area contributed by atoms with Crippen molar-refractivity contribution in [1.82, 2.24) is 4.98 Å². The highest BCUT2D eigenvalue weighted by Crippen LogP contribution is 2.38. The fraction of sp³-hybridized carbons (Fsp3) is 0.474. The van der Waals surface area contributed by atoms with Gasteiger partial charge in [0.25, 0.3) is 0 Å². The number of hydrogen-bond acceptors (Lipinski definition) is 2. The minimum absolute atomic E-state index is 0.242. The third kappa shape index (κ3) is 3.31. The Bertz CT molecular complexity index is 649. The van der Waals surface area contributed by atoms with Gasteiger partial charge in [-0.25, -0.2) is 0 Å². The van der Waals surface area contributed by atoms with Crippen LogP contribution in [0.1, 0.15) is 45.2 Å². The summed E-state index contributed by atoms with van der Waals surface area (Å²) in [5.74, 6) is 0.611. The molecule has 1 aromatic carbocycles. The highest BCUT2D eigenvalue weighted by molar-refractivity contribution is 5.84. The molecule has 0 saturated heterocycles. The van der Waals surface area contributed by atoms with Crippen molar-refractivity contribution in [2.75, 3.05) is 0 Å². The monoisotopic (exact) mass is 281 g/mol. The lowest BCUT2D eigenvalue weighted by Gasteiger charge is -2.33. The number of carbonyl (C=O) groups excluding carboxylic acids is 1. The quantitative estimate of drug-likeness (QED) is 0.825. The molecule has 0 radical (unpaired) electrons. The van der Waals surface area contributed by atoms with Crippen molar-refractivity contribution in [3.8, 4) is 0 Å². The largest absolute Gasteiger partial charge is 0.299 e. The standard InChI is InChI=1S/C19H23NO/c1-19(2)11-9-15(10-12-19)18(21)13-16-8-7-14-5-3-4-6-17(14)20-16/h3-8,15H,9-13H2,1-2H3. The SMILES string of the molecule is CC1(C)CCC(C(=O)Cc2ccc3ccccc3n2)CC1. The van der Waals surface area contributed by atoms with E-state index in [4.69, 9.17) is 0 Å². The molecule has 0 atom stereocenters. The second-order valence-corrected chi connectivity index (χ2v) is 7.08. The van der Waals surface area contributed by atoms with E-state index >= 15 is 0 Å². The number of fused-ring (bicyclic) bond motifs is 1. The van der Waals surface area contributed by atoms with Crippen molar-refractivity contribution in [3.63, 3.8) is 0 Å². The molecule has 1 aromatic heterocycles. The fourth-order valence-electron chi connectivity index (χ4n) is 3.25. The zero-order valence-corrected chi connectivity index (χ0v) is 12.9. The van der Waals surface area contributed by atoms with Crippen molar-refractivity contribution in [2.45, 2.75) is 46.0 Å². The first-order valence-electron chi connectivity index (χ1n) is 7.91. The van der Waals surface area contributed by atoms with E-state index in [1.807, 2.05) is 24.3 Å². The van der Waals surface area contributed by atoms with Gasteiger partial charge in [0.15, 0.2) is 0 Å². The van der Waals surface area contributed by atoms with E-state index in [0.717, 1.165) is 42.3 Å². The van der Waals surface area contributed by atoms with Gasteiger partial charge in [0, 0.05) is 23.4 Å². The minimum Gasteiger partial charge on any atom is -0.299 e. The van der Waals surface area contributed by atoms with E-state index < -0.39 is 0 Å². The molecule has 2 aromatic rings. The average molecular weight is 281 g/mol. The summed E-state index contributed by atoms with van der Waals surface area (Å²) in [6.45, 7) is 4.61. The van der Waals surface area contributed by atoms with E-state index in [9.17, 15) is 4.79 Å². The van der Waals surface area contributed by atoms with E-state index in [2.05, 4.69) is 31.0 Å². The second-order valence-electron chi connectivity index (χ2n) is 7.08. The Labute approximate surface area is 126 Å². The Kier molecular flexibility index (Phi) is 3.79. The molecular weight excluding hydrogens is 258 g/mol. The zero-order chi connectivity index (χ0) is 14.9. The maximum atomic E-state index is 12.5. The molecule has 2 heteroatoms. The fourth-order valence-corrected chi connectivity index (χ4v) is 3.25. The van der Waals surface area contributed by atoms with Crippen LogP contribution < -0.4 is 0 Å². The summed E-state index contributed by atoms with van der Waals surface area (Å²) >= 11 is 0. The number of nitrogens with zero attached hydrogens (tertiary/aromatic N) is 1. The molecule has 1 heterocycles. The maximum Gasteiger partial charge on any atom is 0.141 e. The highest BCUT2D eigenvalue weighted by Gasteiger charge is 2.30. The van der Waals surface area contributed by atoms with Crippen molar-refractivity contribution in [1.29, 1.82) is 0 Å². The van der Waals surface area contributed by atoms with Crippen LogP contribution in [0.4, 0.5) is 0 Å². The lowest BCUT2D eigenvalue weighted by molar-refractivity contribution is -0.123. The first-order valence-corrected chi connectivity index (χ1v) is 7.91. The normalized spacial score (nSPS) is 18.8. The minimum atomic E-state index is 0.242. The summed E-state index contributed by atoms with van der Waals surface area (Å²) in [6, 6.07) is 12.1. The van der Waals surface area contributed by atoms with E-state index in [-0.39, 0.29) is 5.92 Å². The van der Waals surface area contributed by atoms with Gasteiger partial charge in [-0.05, 0) is 43.2 Å². The van der Waals surface area contributed by atoms with Crippen LogP contribution in [-0.4, -0.2) is 10.8 Å². The first kappa shape index (κ1) is 14.2. The number of aromatic nitrogens is 1. The van der Waals surface area contributed by atoms with Gasteiger partial charge >= 0.3 is 0 Å². The molecule has 0 unspecified atom stereocenters. The molecule has 21 heavy (non-hydrogen) atoms. The molecule has 1 aliphatic rings. The number of pyridine rings is 1. The molecule has 110 valence electrons. The first-order chi connectivity index (χ1) is 10.0. The molecule has 1 fully saturated rings. The average Bonchev–Trinajstić information content (AvgIpc) is 2.47. The Morgan fingerprint density at radius 3 is 2.62 bits per heavy atom.